The van der Waals surface area contributed by atoms with Gasteiger partial charge in [0.1, 0.15) is 5.82 Å². The summed E-state index contributed by atoms with van der Waals surface area (Å²) in [4.78, 5) is 6.44. The lowest BCUT2D eigenvalue weighted by molar-refractivity contribution is 0.589. The van der Waals surface area contributed by atoms with E-state index < -0.39 is 0 Å². The van der Waals surface area contributed by atoms with E-state index in [0.29, 0.717) is 0 Å². The van der Waals surface area contributed by atoms with Crippen molar-refractivity contribution in [1.29, 1.82) is 0 Å². The highest BCUT2D eigenvalue weighted by atomic mass is 19.1. The van der Waals surface area contributed by atoms with E-state index in [0.717, 1.165) is 48.8 Å². The number of hydrogen-bond acceptors (Lipinski definition) is 4. The van der Waals surface area contributed by atoms with Gasteiger partial charge in [-0.15, -0.1) is 0 Å². The zero-order chi connectivity index (χ0) is 16.4. The molecule has 122 valence electrons. The first-order valence-electron chi connectivity index (χ1n) is 8.03. The number of benzene rings is 1. The quantitative estimate of drug-likeness (QED) is 0.804. The van der Waals surface area contributed by atoms with Gasteiger partial charge in [0.15, 0.2) is 0 Å². The fourth-order valence-electron chi connectivity index (χ4n) is 3.03. The topological polar surface area (TPSA) is 46.0 Å². The molecule has 0 radical (unpaired) electrons. The molecular formula is C18H18FN5. The molecule has 0 spiro atoms. The highest BCUT2D eigenvalue weighted by molar-refractivity contribution is 5.76. The molecule has 1 saturated heterocycles. The van der Waals surface area contributed by atoms with Crippen LogP contribution in [-0.4, -0.2) is 40.9 Å². The zero-order valence-electron chi connectivity index (χ0n) is 13.2. The van der Waals surface area contributed by atoms with E-state index in [2.05, 4.69) is 20.3 Å². The molecule has 0 amide bonds. The number of aromatic nitrogens is 3. The van der Waals surface area contributed by atoms with Gasteiger partial charge in [0.25, 0.3) is 0 Å². The summed E-state index contributed by atoms with van der Waals surface area (Å²) in [6.45, 7) is 3.79. The van der Waals surface area contributed by atoms with Crippen LogP contribution in [0.15, 0.2) is 55.0 Å². The smallest absolute Gasteiger partial charge is 0.123 e. The maximum absolute atomic E-state index is 13.3. The first-order valence-corrected chi connectivity index (χ1v) is 8.03. The second-order valence-electron chi connectivity index (χ2n) is 5.74. The first kappa shape index (κ1) is 14.8. The van der Waals surface area contributed by atoms with Gasteiger partial charge in [-0.1, -0.05) is 0 Å². The van der Waals surface area contributed by atoms with Crippen molar-refractivity contribution in [1.82, 2.24) is 20.1 Å². The maximum Gasteiger partial charge on any atom is 0.123 e. The van der Waals surface area contributed by atoms with Crippen LogP contribution in [0.25, 0.3) is 16.9 Å². The highest BCUT2D eigenvalue weighted by Crippen LogP contribution is 2.32. The van der Waals surface area contributed by atoms with Gasteiger partial charge in [0.05, 0.1) is 23.3 Å². The molecule has 0 bridgehead atoms. The van der Waals surface area contributed by atoms with E-state index in [1.165, 1.54) is 12.1 Å². The van der Waals surface area contributed by atoms with E-state index in [-0.39, 0.29) is 5.82 Å². The van der Waals surface area contributed by atoms with E-state index >= 15 is 0 Å². The van der Waals surface area contributed by atoms with Crippen LogP contribution in [0.5, 0.6) is 0 Å². The Hall–Kier alpha value is -2.73. The lowest BCUT2D eigenvalue weighted by Gasteiger charge is -2.29. The summed E-state index contributed by atoms with van der Waals surface area (Å²) >= 11 is 0. The number of piperazine rings is 1. The predicted octanol–water partition coefficient (Wildman–Crippen LogP) is 2.48. The Morgan fingerprint density at radius 2 is 1.67 bits per heavy atom. The summed E-state index contributed by atoms with van der Waals surface area (Å²) in [5.41, 5.74) is 3.97. The van der Waals surface area contributed by atoms with Gasteiger partial charge in [0, 0.05) is 44.1 Å². The van der Waals surface area contributed by atoms with Gasteiger partial charge in [-0.05, 0) is 36.4 Å². The molecule has 6 heteroatoms. The Bertz CT molecular complexity index is 807. The average molecular weight is 323 g/mol. The summed E-state index contributed by atoms with van der Waals surface area (Å²) in [5, 5.41) is 7.95. The third-order valence-electron chi connectivity index (χ3n) is 4.23. The van der Waals surface area contributed by atoms with E-state index in [4.69, 9.17) is 0 Å². The Kier molecular flexibility index (Phi) is 3.96. The van der Waals surface area contributed by atoms with Gasteiger partial charge < -0.3 is 10.2 Å². The van der Waals surface area contributed by atoms with Crippen LogP contribution >= 0.6 is 0 Å². The number of anilines is 1. The van der Waals surface area contributed by atoms with Gasteiger partial charge in [-0.3, -0.25) is 4.98 Å². The fourth-order valence-corrected chi connectivity index (χ4v) is 3.03. The van der Waals surface area contributed by atoms with Crippen LogP contribution in [0.4, 0.5) is 10.1 Å². The SMILES string of the molecule is Fc1ccc(-n2ncc(N3CCNCC3)c2-c2ccncc2)cc1. The molecule has 5 nitrogen and oxygen atoms in total. The largest absolute Gasteiger partial charge is 0.366 e. The molecule has 1 fully saturated rings. The molecule has 1 N–H and O–H groups in total. The molecule has 2 aromatic heterocycles. The number of nitrogens with one attached hydrogen (secondary N) is 1. The fraction of sp³-hybridized carbons (Fsp3) is 0.222. The van der Waals surface area contributed by atoms with Crippen LogP contribution in [0.1, 0.15) is 0 Å². The van der Waals surface area contributed by atoms with Crippen molar-refractivity contribution in [2.24, 2.45) is 0 Å². The van der Waals surface area contributed by atoms with Gasteiger partial charge in [-0.2, -0.15) is 5.10 Å². The predicted molar refractivity (Wildman–Crippen MR) is 91.8 cm³/mol. The number of rotatable bonds is 3. The van der Waals surface area contributed by atoms with E-state index in [1.807, 2.05) is 23.0 Å². The van der Waals surface area contributed by atoms with E-state index in [9.17, 15) is 4.39 Å². The van der Waals surface area contributed by atoms with Crippen molar-refractivity contribution in [3.8, 4) is 16.9 Å². The minimum Gasteiger partial charge on any atom is -0.366 e. The molecule has 1 aliphatic heterocycles. The zero-order valence-corrected chi connectivity index (χ0v) is 13.2. The molecule has 0 atom stereocenters. The summed E-state index contributed by atoms with van der Waals surface area (Å²) in [5.74, 6) is -0.251. The van der Waals surface area contributed by atoms with Crippen molar-refractivity contribution in [2.75, 3.05) is 31.1 Å². The Labute approximate surface area is 139 Å². The van der Waals surface area contributed by atoms with Crippen molar-refractivity contribution in [3.05, 3.63) is 60.8 Å². The summed E-state index contributed by atoms with van der Waals surface area (Å²) < 4.78 is 15.1. The Morgan fingerprint density at radius 3 is 2.38 bits per heavy atom. The van der Waals surface area contributed by atoms with Crippen molar-refractivity contribution >= 4 is 5.69 Å². The van der Waals surface area contributed by atoms with Crippen LogP contribution in [0.2, 0.25) is 0 Å². The second kappa shape index (κ2) is 6.41. The monoisotopic (exact) mass is 323 g/mol. The normalized spacial score (nSPS) is 14.8. The highest BCUT2D eigenvalue weighted by Gasteiger charge is 2.20. The van der Waals surface area contributed by atoms with Crippen LogP contribution < -0.4 is 10.2 Å². The standard InChI is InChI=1S/C18H18FN5/c19-15-1-3-16(4-2-15)24-18(14-5-7-20-8-6-14)17(13-22-24)23-11-9-21-10-12-23/h1-8,13,21H,9-12H2. The average Bonchev–Trinajstić information content (AvgIpc) is 3.09. The van der Waals surface area contributed by atoms with E-state index in [1.54, 1.807) is 24.5 Å². The van der Waals surface area contributed by atoms with Crippen molar-refractivity contribution < 1.29 is 4.39 Å². The van der Waals surface area contributed by atoms with Gasteiger partial charge in [0.2, 0.25) is 0 Å². The van der Waals surface area contributed by atoms with Crippen molar-refractivity contribution in [3.63, 3.8) is 0 Å². The van der Waals surface area contributed by atoms with Crippen LogP contribution in [0, 0.1) is 5.82 Å². The molecule has 1 aliphatic rings. The summed E-state index contributed by atoms with van der Waals surface area (Å²) in [6.07, 6.45) is 5.45. The molecule has 0 aliphatic carbocycles. The van der Waals surface area contributed by atoms with Gasteiger partial charge in [-0.25, -0.2) is 9.07 Å². The van der Waals surface area contributed by atoms with Crippen molar-refractivity contribution in [2.45, 2.75) is 0 Å². The minimum atomic E-state index is -0.251. The second-order valence-corrected chi connectivity index (χ2v) is 5.74. The molecule has 1 aromatic carbocycles. The lowest BCUT2D eigenvalue weighted by atomic mass is 10.1. The summed E-state index contributed by atoms with van der Waals surface area (Å²) in [7, 11) is 0. The Balaban J connectivity index is 1.84. The van der Waals surface area contributed by atoms with Gasteiger partial charge >= 0.3 is 0 Å². The molecule has 24 heavy (non-hydrogen) atoms. The first-order chi connectivity index (χ1) is 11.8. The third-order valence-corrected chi connectivity index (χ3v) is 4.23. The van der Waals surface area contributed by atoms with Crippen LogP contribution in [-0.2, 0) is 0 Å². The minimum absolute atomic E-state index is 0.251. The molecule has 4 rings (SSSR count). The number of halogens is 1. The maximum atomic E-state index is 13.3. The molecular weight excluding hydrogens is 305 g/mol. The molecule has 0 saturated carbocycles. The third kappa shape index (κ3) is 2.76. The Morgan fingerprint density at radius 1 is 0.958 bits per heavy atom. The molecule has 3 heterocycles. The summed E-state index contributed by atoms with van der Waals surface area (Å²) in [6, 6.07) is 10.4. The number of hydrogen-bond donors (Lipinski definition) is 1. The van der Waals surface area contributed by atoms with Crippen LogP contribution in [0.3, 0.4) is 0 Å². The molecule has 3 aromatic rings. The number of nitrogens with zero attached hydrogens (tertiary/aromatic N) is 4. The molecule has 0 unspecified atom stereocenters. The number of pyridine rings is 1. The lowest BCUT2D eigenvalue weighted by Crippen LogP contribution is -2.43.